The van der Waals surface area contributed by atoms with Crippen LogP contribution in [0, 0.1) is 0 Å². The summed E-state index contributed by atoms with van der Waals surface area (Å²) in [5, 5.41) is 10.7. The third kappa shape index (κ3) is 7.52. The first-order valence-electron chi connectivity index (χ1n) is 12.2. The van der Waals surface area contributed by atoms with E-state index < -0.39 is 32.0 Å². The Morgan fingerprint density at radius 2 is 1.94 bits per heavy atom. The SMILES string of the molecule is C=CCC(C)(CC[C@H](O)CC(=O)N1C(=O)OC[C@@H]1Cc1ccccc1)O[Si](CC)(CC)CC. The number of aliphatic hydroxyl groups is 1. The third-order valence-corrected chi connectivity index (χ3v) is 11.7. The van der Waals surface area contributed by atoms with Gasteiger partial charge in [-0.05, 0) is 56.3 Å². The lowest BCUT2D eigenvalue weighted by molar-refractivity contribution is -0.131. The van der Waals surface area contributed by atoms with E-state index in [-0.39, 0.29) is 19.1 Å². The van der Waals surface area contributed by atoms with Gasteiger partial charge in [-0.2, -0.15) is 0 Å². The molecule has 3 atom stereocenters. The topological polar surface area (TPSA) is 76.1 Å². The third-order valence-electron chi connectivity index (χ3n) is 6.93. The maximum atomic E-state index is 12.9. The molecule has 1 aliphatic rings. The Bertz CT molecular complexity index is 774. The Balaban J connectivity index is 1.98. The smallest absolute Gasteiger partial charge is 0.416 e. The summed E-state index contributed by atoms with van der Waals surface area (Å²) in [4.78, 5) is 26.3. The molecule has 0 bridgehead atoms. The lowest BCUT2D eigenvalue weighted by Crippen LogP contribution is -2.46. The highest BCUT2D eigenvalue weighted by Crippen LogP contribution is 2.33. The molecule has 33 heavy (non-hydrogen) atoms. The van der Waals surface area contributed by atoms with Crippen molar-refractivity contribution in [2.45, 2.75) is 95.7 Å². The first-order chi connectivity index (χ1) is 15.7. The second kappa shape index (κ2) is 12.5. The van der Waals surface area contributed by atoms with E-state index in [2.05, 4.69) is 34.3 Å². The quantitative estimate of drug-likeness (QED) is 0.285. The number of hydrogen-bond acceptors (Lipinski definition) is 5. The largest absolute Gasteiger partial charge is 0.447 e. The van der Waals surface area contributed by atoms with E-state index in [9.17, 15) is 14.7 Å². The molecular weight excluding hydrogens is 434 g/mol. The van der Waals surface area contributed by atoms with E-state index in [1.807, 2.05) is 36.4 Å². The fourth-order valence-electron chi connectivity index (χ4n) is 4.67. The highest BCUT2D eigenvalue weighted by Gasteiger charge is 2.40. The number of cyclic esters (lactones) is 1. The number of carbonyl (C=O) groups excluding carboxylic acids is 2. The Hall–Kier alpha value is -1.96. The molecule has 1 N–H and O–H groups in total. The van der Waals surface area contributed by atoms with Gasteiger partial charge in [-0.25, -0.2) is 9.69 Å². The molecule has 1 heterocycles. The minimum Gasteiger partial charge on any atom is -0.447 e. The van der Waals surface area contributed by atoms with Crippen molar-refractivity contribution in [3.05, 3.63) is 48.6 Å². The average molecular weight is 476 g/mol. The molecule has 0 aromatic heterocycles. The van der Waals surface area contributed by atoms with E-state index >= 15 is 0 Å². The molecule has 0 aliphatic carbocycles. The monoisotopic (exact) mass is 475 g/mol. The van der Waals surface area contributed by atoms with Gasteiger partial charge in [-0.15, -0.1) is 6.58 Å². The van der Waals surface area contributed by atoms with E-state index in [4.69, 9.17) is 9.16 Å². The van der Waals surface area contributed by atoms with Crippen LogP contribution in [0.1, 0.15) is 58.9 Å². The molecule has 0 spiro atoms. The lowest BCUT2D eigenvalue weighted by atomic mass is 9.93. The highest BCUT2D eigenvalue weighted by molar-refractivity contribution is 6.73. The molecule has 1 saturated heterocycles. The molecule has 6 nitrogen and oxygen atoms in total. The maximum Gasteiger partial charge on any atom is 0.416 e. The maximum absolute atomic E-state index is 12.9. The zero-order valence-electron chi connectivity index (χ0n) is 20.7. The van der Waals surface area contributed by atoms with Crippen LogP contribution >= 0.6 is 0 Å². The van der Waals surface area contributed by atoms with Gasteiger partial charge >= 0.3 is 6.09 Å². The van der Waals surface area contributed by atoms with Crippen molar-refractivity contribution in [2.24, 2.45) is 0 Å². The Morgan fingerprint density at radius 3 is 2.52 bits per heavy atom. The molecule has 2 amide bonds. The van der Waals surface area contributed by atoms with Gasteiger partial charge in [0.2, 0.25) is 5.91 Å². The van der Waals surface area contributed by atoms with Gasteiger partial charge < -0.3 is 14.3 Å². The van der Waals surface area contributed by atoms with Crippen LogP contribution in [-0.4, -0.2) is 54.7 Å². The average Bonchev–Trinajstić information content (AvgIpc) is 3.17. The van der Waals surface area contributed by atoms with Crippen molar-refractivity contribution in [1.29, 1.82) is 0 Å². The molecule has 184 valence electrons. The summed E-state index contributed by atoms with van der Waals surface area (Å²) in [5.41, 5.74) is 0.620. The van der Waals surface area contributed by atoms with Crippen LogP contribution in [0.2, 0.25) is 18.1 Å². The van der Waals surface area contributed by atoms with Crippen LogP contribution in [0.3, 0.4) is 0 Å². The zero-order chi connectivity index (χ0) is 24.5. The molecule has 1 aromatic rings. The Kier molecular flexibility index (Phi) is 10.3. The van der Waals surface area contributed by atoms with Crippen LogP contribution in [0.5, 0.6) is 0 Å². The number of ether oxygens (including phenoxy) is 1. The zero-order valence-corrected chi connectivity index (χ0v) is 21.7. The number of aliphatic hydroxyl groups excluding tert-OH is 1. The lowest BCUT2D eigenvalue weighted by Gasteiger charge is -2.40. The molecule has 0 radical (unpaired) electrons. The van der Waals surface area contributed by atoms with Crippen LogP contribution in [0.25, 0.3) is 0 Å². The molecule has 1 unspecified atom stereocenters. The number of amides is 2. The predicted molar refractivity (Wildman–Crippen MR) is 133 cm³/mol. The summed E-state index contributed by atoms with van der Waals surface area (Å²) in [6.07, 6.45) is 2.56. The van der Waals surface area contributed by atoms with Gasteiger partial charge in [0.25, 0.3) is 0 Å². The summed E-state index contributed by atoms with van der Waals surface area (Å²) in [6, 6.07) is 12.5. The van der Waals surface area contributed by atoms with Gasteiger partial charge in [0.15, 0.2) is 8.32 Å². The van der Waals surface area contributed by atoms with Gasteiger partial charge in [0, 0.05) is 0 Å². The predicted octanol–water partition coefficient (Wildman–Crippen LogP) is 5.46. The van der Waals surface area contributed by atoms with E-state index in [0.29, 0.717) is 25.7 Å². The van der Waals surface area contributed by atoms with Gasteiger partial charge in [-0.3, -0.25) is 4.79 Å². The minimum atomic E-state index is -1.84. The summed E-state index contributed by atoms with van der Waals surface area (Å²) in [7, 11) is -1.84. The van der Waals surface area contributed by atoms with Crippen LogP contribution in [0.15, 0.2) is 43.0 Å². The molecular formula is C26H41NO5Si. The number of imide groups is 1. The van der Waals surface area contributed by atoms with Gasteiger partial charge in [0.1, 0.15) is 6.61 Å². The summed E-state index contributed by atoms with van der Waals surface area (Å²) in [5.74, 6) is -0.392. The summed E-state index contributed by atoms with van der Waals surface area (Å²) >= 11 is 0. The Morgan fingerprint density at radius 1 is 1.30 bits per heavy atom. The van der Waals surface area contributed by atoms with Gasteiger partial charge in [-0.1, -0.05) is 57.2 Å². The first-order valence-corrected chi connectivity index (χ1v) is 14.8. The van der Waals surface area contributed by atoms with Crippen molar-refractivity contribution in [2.75, 3.05) is 6.61 Å². The number of benzene rings is 1. The molecule has 1 aliphatic heterocycles. The number of nitrogens with zero attached hydrogens (tertiary/aromatic N) is 1. The fraction of sp³-hybridized carbons (Fsp3) is 0.615. The number of rotatable bonds is 14. The standard InChI is InChI=1S/C26H41NO5Si/c1-6-16-26(5,32-33(7-2,8-3)9-4)17-15-23(28)19-24(29)27-22(20-31-25(27)30)18-21-13-11-10-12-14-21/h6,10-14,22-23,28H,1,7-9,15-20H2,2-5H3/t22-,23-,26?/m0/s1. The van der Waals surface area contributed by atoms with Crippen molar-refractivity contribution in [3.8, 4) is 0 Å². The van der Waals surface area contributed by atoms with E-state index in [0.717, 1.165) is 23.7 Å². The summed E-state index contributed by atoms with van der Waals surface area (Å²) < 4.78 is 11.9. The van der Waals surface area contributed by atoms with Crippen molar-refractivity contribution in [3.63, 3.8) is 0 Å². The normalized spacial score (nSPS) is 19.1. The van der Waals surface area contributed by atoms with Gasteiger partial charge in [0.05, 0.1) is 24.2 Å². The van der Waals surface area contributed by atoms with Crippen LogP contribution < -0.4 is 0 Å². The molecule has 7 heteroatoms. The first kappa shape index (κ1) is 27.3. The molecule has 2 rings (SSSR count). The molecule has 1 aromatic carbocycles. The second-order valence-corrected chi connectivity index (χ2v) is 14.1. The number of hydrogen-bond donors (Lipinski definition) is 1. The number of carbonyl (C=O) groups is 2. The van der Waals surface area contributed by atoms with Crippen molar-refractivity contribution >= 4 is 20.3 Å². The van der Waals surface area contributed by atoms with Crippen LogP contribution in [-0.2, 0) is 20.4 Å². The summed E-state index contributed by atoms with van der Waals surface area (Å²) in [6.45, 7) is 12.7. The van der Waals surface area contributed by atoms with Crippen molar-refractivity contribution in [1.82, 2.24) is 4.90 Å². The van der Waals surface area contributed by atoms with Crippen molar-refractivity contribution < 1.29 is 23.9 Å². The molecule has 0 saturated carbocycles. The van der Waals surface area contributed by atoms with E-state index in [1.165, 1.54) is 4.90 Å². The second-order valence-electron chi connectivity index (χ2n) is 9.37. The fourth-order valence-corrected chi connectivity index (χ4v) is 7.83. The van der Waals surface area contributed by atoms with E-state index in [1.54, 1.807) is 0 Å². The minimum absolute atomic E-state index is 0.109. The Labute approximate surface area is 200 Å². The highest BCUT2D eigenvalue weighted by atomic mass is 28.4. The molecule has 1 fully saturated rings. The van der Waals surface area contributed by atoms with Crippen LogP contribution in [0.4, 0.5) is 4.79 Å².